The molecule has 7 nitrogen and oxygen atoms in total. The van der Waals surface area contributed by atoms with Crippen molar-refractivity contribution in [1.82, 2.24) is 15.6 Å². The monoisotopic (exact) mass is 401 g/mol. The number of amides is 2. The molecule has 1 heterocycles. The number of benzene rings is 1. The van der Waals surface area contributed by atoms with Crippen molar-refractivity contribution in [3.63, 3.8) is 0 Å². The average molecular weight is 402 g/mol. The van der Waals surface area contributed by atoms with Crippen LogP contribution in [0.25, 0.3) is 10.9 Å². The lowest BCUT2D eigenvalue weighted by Crippen LogP contribution is -2.49. The molecule has 1 aromatic heterocycles. The zero-order valence-corrected chi connectivity index (χ0v) is 17.4. The van der Waals surface area contributed by atoms with Crippen molar-refractivity contribution in [2.75, 3.05) is 14.2 Å². The number of H-pyrrole nitrogens is 1. The second-order valence-corrected chi connectivity index (χ2v) is 7.21. The summed E-state index contributed by atoms with van der Waals surface area (Å²) in [6, 6.07) is 7.10. The number of unbranched alkanes of at least 4 members (excludes halogenated alkanes) is 2. The van der Waals surface area contributed by atoms with Gasteiger partial charge in [0.1, 0.15) is 6.04 Å². The maximum Gasteiger partial charge on any atom is 0.306 e. The number of likely N-dealkylation sites (N-methyl/N-ethyl adjacent to an activating group) is 1. The van der Waals surface area contributed by atoms with E-state index < -0.39 is 17.9 Å². The molecule has 3 N–H and O–H groups in total. The van der Waals surface area contributed by atoms with Gasteiger partial charge in [0.25, 0.3) is 0 Å². The minimum Gasteiger partial charge on any atom is -0.469 e. The van der Waals surface area contributed by atoms with Gasteiger partial charge >= 0.3 is 5.97 Å². The summed E-state index contributed by atoms with van der Waals surface area (Å²) in [4.78, 5) is 40.3. The maximum absolute atomic E-state index is 12.9. The fourth-order valence-corrected chi connectivity index (χ4v) is 3.44. The van der Waals surface area contributed by atoms with Gasteiger partial charge in [0.05, 0.1) is 13.5 Å². The van der Waals surface area contributed by atoms with E-state index in [2.05, 4.69) is 22.5 Å². The molecule has 7 heteroatoms. The lowest BCUT2D eigenvalue weighted by atomic mass is 9.95. The summed E-state index contributed by atoms with van der Waals surface area (Å²) in [6.45, 7) is 2.08. The van der Waals surface area contributed by atoms with Crippen molar-refractivity contribution in [3.8, 4) is 0 Å². The van der Waals surface area contributed by atoms with E-state index in [0.29, 0.717) is 12.8 Å². The molecule has 2 rings (SSSR count). The highest BCUT2D eigenvalue weighted by Crippen LogP contribution is 2.20. The first kappa shape index (κ1) is 22.5. The Morgan fingerprint density at radius 2 is 1.90 bits per heavy atom. The first-order valence-electron chi connectivity index (χ1n) is 10.1. The molecule has 0 saturated carbocycles. The number of aromatic amines is 1. The fourth-order valence-electron chi connectivity index (χ4n) is 3.44. The molecule has 2 atom stereocenters. The van der Waals surface area contributed by atoms with Crippen LogP contribution in [0.1, 0.15) is 44.6 Å². The predicted molar refractivity (Wildman–Crippen MR) is 112 cm³/mol. The molecule has 0 aliphatic carbocycles. The van der Waals surface area contributed by atoms with Crippen LogP contribution in [0.5, 0.6) is 0 Å². The highest BCUT2D eigenvalue weighted by atomic mass is 16.5. The molecule has 0 aliphatic rings. The zero-order valence-electron chi connectivity index (χ0n) is 17.4. The third kappa shape index (κ3) is 6.34. The Bertz CT molecular complexity index is 830. The van der Waals surface area contributed by atoms with Gasteiger partial charge in [-0.1, -0.05) is 44.4 Å². The predicted octanol–water partition coefficient (Wildman–Crippen LogP) is 2.70. The van der Waals surface area contributed by atoms with Gasteiger partial charge in [-0.3, -0.25) is 14.4 Å². The first-order valence-corrected chi connectivity index (χ1v) is 10.1. The molecule has 1 aromatic carbocycles. The van der Waals surface area contributed by atoms with Gasteiger partial charge in [-0.15, -0.1) is 0 Å². The number of carbonyl (C=O) groups excluding carboxylic acids is 3. The quantitative estimate of drug-likeness (QED) is 0.398. The van der Waals surface area contributed by atoms with Crippen molar-refractivity contribution in [2.24, 2.45) is 5.92 Å². The maximum atomic E-state index is 12.9. The SMILES string of the molecule is CCCCC[C@H](CC(=O)OC)C(=O)N[C@@H](Cc1c[nH]c2ccccc12)C(=O)NC. The Balaban J connectivity index is 2.14. The first-order chi connectivity index (χ1) is 14.0. The number of fused-ring (bicyclic) bond motifs is 1. The Kier molecular flexibility index (Phi) is 8.70. The summed E-state index contributed by atoms with van der Waals surface area (Å²) < 4.78 is 4.74. The van der Waals surface area contributed by atoms with Gasteiger partial charge in [0.2, 0.25) is 11.8 Å². The Hall–Kier alpha value is -2.83. The molecule has 0 bridgehead atoms. The van der Waals surface area contributed by atoms with Gasteiger partial charge in [0, 0.05) is 36.5 Å². The van der Waals surface area contributed by atoms with Crippen molar-refractivity contribution in [1.29, 1.82) is 0 Å². The Labute approximate surface area is 171 Å². The van der Waals surface area contributed by atoms with Gasteiger partial charge < -0.3 is 20.4 Å². The molecular formula is C22H31N3O4. The van der Waals surface area contributed by atoms with Crippen molar-refractivity contribution < 1.29 is 19.1 Å². The molecule has 158 valence electrons. The minimum absolute atomic E-state index is 0.0135. The second kappa shape index (κ2) is 11.2. The molecule has 29 heavy (non-hydrogen) atoms. The summed E-state index contributed by atoms with van der Waals surface area (Å²) in [5, 5.41) is 6.49. The van der Waals surface area contributed by atoms with Gasteiger partial charge in [-0.2, -0.15) is 0 Å². The second-order valence-electron chi connectivity index (χ2n) is 7.21. The van der Waals surface area contributed by atoms with Crippen LogP contribution in [0.15, 0.2) is 30.5 Å². The van der Waals surface area contributed by atoms with E-state index in [1.54, 1.807) is 7.05 Å². The van der Waals surface area contributed by atoms with E-state index >= 15 is 0 Å². The normalized spacial score (nSPS) is 12.9. The number of hydrogen-bond acceptors (Lipinski definition) is 4. The zero-order chi connectivity index (χ0) is 21.2. The topological polar surface area (TPSA) is 100 Å². The van der Waals surface area contributed by atoms with Gasteiger partial charge in [-0.05, 0) is 18.1 Å². The summed E-state index contributed by atoms with van der Waals surface area (Å²) in [5.74, 6) is -1.49. The lowest BCUT2D eigenvalue weighted by molar-refractivity contribution is -0.144. The van der Waals surface area contributed by atoms with Crippen LogP contribution in [-0.4, -0.2) is 43.0 Å². The van der Waals surface area contributed by atoms with E-state index in [4.69, 9.17) is 4.74 Å². The lowest BCUT2D eigenvalue weighted by Gasteiger charge is -2.21. The van der Waals surface area contributed by atoms with Crippen molar-refractivity contribution in [2.45, 2.75) is 51.5 Å². The van der Waals surface area contributed by atoms with E-state index in [1.807, 2.05) is 30.5 Å². The molecule has 0 saturated heterocycles. The van der Waals surface area contributed by atoms with E-state index in [-0.39, 0.29) is 18.2 Å². The van der Waals surface area contributed by atoms with Crippen LogP contribution in [0.4, 0.5) is 0 Å². The molecule has 0 fully saturated rings. The molecule has 0 spiro atoms. The molecule has 0 unspecified atom stereocenters. The summed E-state index contributed by atoms with van der Waals surface area (Å²) in [5.41, 5.74) is 1.93. The molecule has 2 amide bonds. The summed E-state index contributed by atoms with van der Waals surface area (Å²) in [6.07, 6.45) is 5.67. The van der Waals surface area contributed by atoms with Crippen LogP contribution < -0.4 is 10.6 Å². The summed E-state index contributed by atoms with van der Waals surface area (Å²) >= 11 is 0. The Morgan fingerprint density at radius 3 is 2.59 bits per heavy atom. The highest BCUT2D eigenvalue weighted by molar-refractivity contribution is 5.91. The number of para-hydroxylation sites is 1. The summed E-state index contributed by atoms with van der Waals surface area (Å²) in [7, 11) is 2.86. The van der Waals surface area contributed by atoms with E-state index in [1.165, 1.54) is 7.11 Å². The van der Waals surface area contributed by atoms with E-state index in [9.17, 15) is 14.4 Å². The van der Waals surface area contributed by atoms with Crippen molar-refractivity contribution in [3.05, 3.63) is 36.0 Å². The number of hydrogen-bond donors (Lipinski definition) is 3. The van der Waals surface area contributed by atoms with Crippen LogP contribution in [0.3, 0.4) is 0 Å². The number of carbonyl (C=O) groups is 3. The third-order valence-electron chi connectivity index (χ3n) is 5.15. The average Bonchev–Trinajstić information content (AvgIpc) is 3.14. The number of aromatic nitrogens is 1. The number of methoxy groups -OCH3 is 1. The Morgan fingerprint density at radius 1 is 1.14 bits per heavy atom. The van der Waals surface area contributed by atoms with Crippen LogP contribution in [-0.2, 0) is 25.5 Å². The van der Waals surface area contributed by atoms with Gasteiger partial charge in [0.15, 0.2) is 0 Å². The van der Waals surface area contributed by atoms with Crippen LogP contribution in [0.2, 0.25) is 0 Å². The standard InChI is InChI=1S/C22H31N3O4/c1-4-5-6-9-15(13-20(26)29-3)21(27)25-19(22(28)23-2)12-16-14-24-18-11-8-7-10-17(16)18/h7-8,10-11,14-15,19,24H,4-6,9,12-13H2,1-3H3,(H,23,28)(H,25,27)/t15-,19+/m1/s1. The minimum atomic E-state index is -0.724. The number of esters is 1. The smallest absolute Gasteiger partial charge is 0.306 e. The molecular weight excluding hydrogens is 370 g/mol. The third-order valence-corrected chi connectivity index (χ3v) is 5.15. The van der Waals surface area contributed by atoms with Crippen LogP contribution >= 0.6 is 0 Å². The van der Waals surface area contributed by atoms with E-state index in [0.717, 1.165) is 35.7 Å². The van der Waals surface area contributed by atoms with Gasteiger partial charge in [-0.25, -0.2) is 0 Å². The van der Waals surface area contributed by atoms with Crippen molar-refractivity contribution >= 4 is 28.7 Å². The molecule has 2 aromatic rings. The number of rotatable bonds is 11. The number of ether oxygens (including phenoxy) is 1. The molecule has 0 radical (unpaired) electrons. The fraction of sp³-hybridized carbons (Fsp3) is 0.500. The van der Waals surface area contributed by atoms with Crippen LogP contribution in [0, 0.1) is 5.92 Å². The highest BCUT2D eigenvalue weighted by Gasteiger charge is 2.27. The molecule has 0 aliphatic heterocycles. The largest absolute Gasteiger partial charge is 0.469 e. The number of nitrogens with one attached hydrogen (secondary N) is 3.